The Bertz CT molecular complexity index is 725. The van der Waals surface area contributed by atoms with Crippen molar-refractivity contribution in [2.45, 2.75) is 140 Å². The number of rotatable bonds is 23. The molecule has 0 saturated heterocycles. The number of terminal acetylenes is 1. The summed E-state index contributed by atoms with van der Waals surface area (Å²) in [5.41, 5.74) is 0. The summed E-state index contributed by atoms with van der Waals surface area (Å²) >= 11 is 0. The molecule has 0 aromatic rings. The van der Waals surface area contributed by atoms with Crippen molar-refractivity contribution in [1.82, 2.24) is 0 Å². The number of hydrogen-bond donors (Lipinski definition) is 4. The van der Waals surface area contributed by atoms with E-state index in [4.69, 9.17) is 11.5 Å². The number of unbranched alkanes of at least 4 members (excludes halogenated alkanes) is 15. The van der Waals surface area contributed by atoms with Crippen molar-refractivity contribution in [1.29, 1.82) is 0 Å². The van der Waals surface area contributed by atoms with Crippen LogP contribution < -0.4 is 0 Å². The van der Waals surface area contributed by atoms with E-state index in [1.54, 1.807) is 6.08 Å². The zero-order chi connectivity index (χ0) is 27.2. The van der Waals surface area contributed by atoms with Crippen molar-refractivity contribution in [3.05, 3.63) is 24.3 Å². The lowest BCUT2D eigenvalue weighted by Gasteiger charge is -2.06. The van der Waals surface area contributed by atoms with E-state index in [-0.39, 0.29) is 12.7 Å². The fourth-order valence-corrected chi connectivity index (χ4v) is 4.07. The van der Waals surface area contributed by atoms with Crippen LogP contribution in [0, 0.1) is 36.0 Å². The topological polar surface area (TPSA) is 80.9 Å². The Balaban J connectivity index is 3.40. The highest BCUT2D eigenvalue weighted by Gasteiger charge is 2.01. The fraction of sp³-hybridized carbons (Fsp3) is 0.697. The van der Waals surface area contributed by atoms with Gasteiger partial charge in [0.25, 0.3) is 0 Å². The minimum absolute atomic E-state index is 0.203. The fourth-order valence-electron chi connectivity index (χ4n) is 4.07. The molecule has 0 rings (SSSR count). The third kappa shape index (κ3) is 28.4. The zero-order valence-electron chi connectivity index (χ0n) is 23.0. The summed E-state index contributed by atoms with van der Waals surface area (Å²) in [6.45, 7) is -0.203. The molecule has 3 unspecified atom stereocenters. The van der Waals surface area contributed by atoms with Crippen molar-refractivity contribution >= 4 is 0 Å². The van der Waals surface area contributed by atoms with E-state index in [1.807, 2.05) is 12.2 Å². The molecule has 0 aliphatic rings. The number of aliphatic hydroxyl groups excluding tert-OH is 4. The Kier molecular flexibility index (Phi) is 27.0. The third-order valence-corrected chi connectivity index (χ3v) is 6.29. The van der Waals surface area contributed by atoms with Gasteiger partial charge in [-0.05, 0) is 62.9 Å². The van der Waals surface area contributed by atoms with Gasteiger partial charge in [-0.2, -0.15) is 0 Å². The number of hydrogen-bond acceptors (Lipinski definition) is 4. The van der Waals surface area contributed by atoms with E-state index in [2.05, 4.69) is 35.7 Å². The molecule has 0 aromatic heterocycles. The molecule has 0 radical (unpaired) electrons. The van der Waals surface area contributed by atoms with Crippen LogP contribution in [0.25, 0.3) is 0 Å². The second-order valence-electron chi connectivity index (χ2n) is 9.74. The molecule has 208 valence electrons. The lowest BCUT2D eigenvalue weighted by atomic mass is 10.0. The van der Waals surface area contributed by atoms with Crippen LogP contribution >= 0.6 is 0 Å². The first-order chi connectivity index (χ1) is 18.1. The maximum atomic E-state index is 10.1. The molecule has 3 atom stereocenters. The first-order valence-corrected chi connectivity index (χ1v) is 14.5. The average Bonchev–Trinajstić information content (AvgIpc) is 2.90. The van der Waals surface area contributed by atoms with Crippen molar-refractivity contribution in [3.8, 4) is 36.0 Å². The van der Waals surface area contributed by atoms with Crippen LogP contribution in [0.15, 0.2) is 24.3 Å². The summed E-state index contributed by atoms with van der Waals surface area (Å²) in [5, 5.41) is 37.6. The minimum Gasteiger partial charge on any atom is -0.389 e. The van der Waals surface area contributed by atoms with Gasteiger partial charge in [0.2, 0.25) is 0 Å². The van der Waals surface area contributed by atoms with Gasteiger partial charge in [0, 0.05) is 0 Å². The summed E-state index contributed by atoms with van der Waals surface area (Å²) < 4.78 is 0. The predicted molar refractivity (Wildman–Crippen MR) is 155 cm³/mol. The molecule has 4 N–H and O–H groups in total. The van der Waals surface area contributed by atoms with E-state index in [9.17, 15) is 15.3 Å². The van der Waals surface area contributed by atoms with Gasteiger partial charge in [-0.25, -0.2) is 0 Å². The van der Waals surface area contributed by atoms with Gasteiger partial charge in [-0.15, -0.1) is 6.42 Å². The first kappa shape index (κ1) is 35.0. The molecule has 0 bridgehead atoms. The summed E-state index contributed by atoms with van der Waals surface area (Å²) in [7, 11) is 0. The van der Waals surface area contributed by atoms with Crippen LogP contribution in [0.3, 0.4) is 0 Å². The smallest absolute Gasteiger partial charge is 0.133 e. The number of allylic oxidation sites excluding steroid dienone is 2. The standard InChI is InChI=1S/C33H52O4/c1-2-31(35)25-19-14-10-7-5-3-4-6-8-11-15-20-26-32(36)27-21-16-12-9-13-17-22-28-33(37)29-23-18-24-30-34/h1,19-20,25-26,31-37H,3-17,21-22,27-28,30H2. The van der Waals surface area contributed by atoms with Crippen LogP contribution in [0.5, 0.6) is 0 Å². The predicted octanol–water partition coefficient (Wildman–Crippen LogP) is 6.23. The van der Waals surface area contributed by atoms with Crippen LogP contribution in [-0.2, 0) is 0 Å². The van der Waals surface area contributed by atoms with Gasteiger partial charge in [0.1, 0.15) is 18.8 Å². The SMILES string of the molecule is C#CC(O)C=CCCCCCCCCCCC=CC(O)CCCCCCCCCC(O)C#CC#CCO. The molecule has 0 aromatic carbocycles. The Morgan fingerprint density at radius 3 is 1.62 bits per heavy atom. The van der Waals surface area contributed by atoms with Gasteiger partial charge in [0.15, 0.2) is 0 Å². The monoisotopic (exact) mass is 512 g/mol. The van der Waals surface area contributed by atoms with E-state index < -0.39 is 12.2 Å². The molecule has 37 heavy (non-hydrogen) atoms. The van der Waals surface area contributed by atoms with Crippen molar-refractivity contribution in [3.63, 3.8) is 0 Å². The molecule has 0 spiro atoms. The highest BCUT2D eigenvalue weighted by Crippen LogP contribution is 2.13. The summed E-state index contributed by atoms with van der Waals surface area (Å²) in [4.78, 5) is 0. The van der Waals surface area contributed by atoms with Crippen LogP contribution in [0.4, 0.5) is 0 Å². The third-order valence-electron chi connectivity index (χ3n) is 6.29. The normalized spacial score (nSPS) is 13.5. The second-order valence-corrected chi connectivity index (χ2v) is 9.74. The van der Waals surface area contributed by atoms with Gasteiger partial charge in [0.05, 0.1) is 6.10 Å². The van der Waals surface area contributed by atoms with Crippen LogP contribution in [0.2, 0.25) is 0 Å². The maximum absolute atomic E-state index is 10.1. The van der Waals surface area contributed by atoms with Crippen LogP contribution in [-0.4, -0.2) is 45.3 Å². The first-order valence-electron chi connectivity index (χ1n) is 14.5. The van der Waals surface area contributed by atoms with Gasteiger partial charge < -0.3 is 20.4 Å². The summed E-state index contributed by atoms with van der Waals surface area (Å²) in [6.07, 6.45) is 32.7. The van der Waals surface area contributed by atoms with Gasteiger partial charge in [-0.1, -0.05) is 113 Å². The molecule has 0 aliphatic carbocycles. The van der Waals surface area contributed by atoms with Crippen molar-refractivity contribution < 1.29 is 20.4 Å². The lowest BCUT2D eigenvalue weighted by molar-refractivity contribution is 0.207. The Hall–Kier alpha value is -2.00. The molecule has 0 saturated carbocycles. The second kappa shape index (κ2) is 28.6. The molecular weight excluding hydrogens is 460 g/mol. The van der Waals surface area contributed by atoms with E-state index >= 15 is 0 Å². The lowest BCUT2D eigenvalue weighted by Crippen LogP contribution is -2.02. The van der Waals surface area contributed by atoms with Gasteiger partial charge >= 0.3 is 0 Å². The molecule has 4 heteroatoms. The molecular formula is C33H52O4. The van der Waals surface area contributed by atoms with Gasteiger partial charge in [-0.3, -0.25) is 0 Å². The Morgan fingerprint density at radius 2 is 1.08 bits per heavy atom. The highest BCUT2D eigenvalue weighted by molar-refractivity contribution is 5.27. The average molecular weight is 513 g/mol. The van der Waals surface area contributed by atoms with E-state index in [0.29, 0.717) is 6.42 Å². The van der Waals surface area contributed by atoms with E-state index in [0.717, 1.165) is 51.4 Å². The minimum atomic E-state index is -0.740. The molecule has 0 amide bonds. The number of aliphatic hydroxyl groups is 4. The molecule has 0 heterocycles. The molecule has 0 fully saturated rings. The largest absolute Gasteiger partial charge is 0.389 e. The molecule has 4 nitrogen and oxygen atoms in total. The highest BCUT2D eigenvalue weighted by atomic mass is 16.3. The summed E-state index contributed by atoms with van der Waals surface area (Å²) in [5.74, 6) is 12.4. The zero-order valence-corrected chi connectivity index (χ0v) is 23.0. The quantitative estimate of drug-likeness (QED) is 0.0744. The maximum Gasteiger partial charge on any atom is 0.133 e. The van der Waals surface area contributed by atoms with Crippen molar-refractivity contribution in [2.75, 3.05) is 6.61 Å². The van der Waals surface area contributed by atoms with E-state index in [1.165, 1.54) is 64.2 Å². The molecule has 0 aliphatic heterocycles. The van der Waals surface area contributed by atoms with Crippen LogP contribution in [0.1, 0.15) is 122 Å². The summed E-state index contributed by atoms with van der Waals surface area (Å²) in [6, 6.07) is 0. The van der Waals surface area contributed by atoms with Crippen molar-refractivity contribution in [2.24, 2.45) is 0 Å². The Morgan fingerprint density at radius 1 is 0.595 bits per heavy atom. The Labute approximate surface area is 227 Å².